The number of halogens is 3. The molecule has 0 atom stereocenters. The van der Waals surface area contributed by atoms with Crippen molar-refractivity contribution in [2.24, 2.45) is 7.05 Å². The molecule has 1 aromatic rings. The Labute approximate surface area is 149 Å². The number of amides is 1. The predicted molar refractivity (Wildman–Crippen MR) is 84.9 cm³/mol. The second kappa shape index (κ2) is 8.54. The third-order valence-corrected chi connectivity index (χ3v) is 5.37. The lowest BCUT2D eigenvalue weighted by Crippen LogP contribution is -2.36. The van der Waals surface area contributed by atoms with Crippen molar-refractivity contribution in [1.29, 1.82) is 0 Å². The topological polar surface area (TPSA) is 97.7 Å². The van der Waals surface area contributed by atoms with Gasteiger partial charge in [-0.1, -0.05) is 13.8 Å². The minimum atomic E-state index is -4.58. The van der Waals surface area contributed by atoms with Gasteiger partial charge in [-0.3, -0.25) is 4.79 Å². The summed E-state index contributed by atoms with van der Waals surface area (Å²) in [6, 6.07) is 1.09. The van der Waals surface area contributed by atoms with Crippen LogP contribution >= 0.6 is 0 Å². The van der Waals surface area contributed by atoms with E-state index in [0.717, 1.165) is 6.07 Å². The monoisotopic (exact) mass is 399 g/mol. The number of esters is 1. The van der Waals surface area contributed by atoms with E-state index in [1.165, 1.54) is 22.1 Å². The molecule has 0 spiro atoms. The van der Waals surface area contributed by atoms with Crippen LogP contribution in [0.2, 0.25) is 0 Å². The first-order valence-corrected chi connectivity index (χ1v) is 9.03. The molecule has 26 heavy (non-hydrogen) atoms. The summed E-state index contributed by atoms with van der Waals surface area (Å²) in [5.74, 6) is -2.16. The quantitative estimate of drug-likeness (QED) is 0.655. The molecule has 148 valence electrons. The maximum atomic E-state index is 12.4. The summed E-state index contributed by atoms with van der Waals surface area (Å²) in [7, 11) is -2.39. The van der Waals surface area contributed by atoms with Gasteiger partial charge in [0.1, 0.15) is 17.1 Å². The number of ether oxygens (including phenoxy) is 1. The van der Waals surface area contributed by atoms with Gasteiger partial charge < -0.3 is 14.6 Å². The smallest absolute Gasteiger partial charge is 0.405 e. The molecule has 1 heterocycles. The average Bonchev–Trinajstić information content (AvgIpc) is 2.93. The van der Waals surface area contributed by atoms with E-state index in [0.29, 0.717) is 0 Å². The van der Waals surface area contributed by atoms with Gasteiger partial charge in [-0.15, -0.1) is 0 Å². The number of carbonyl (C=O) groups excluding carboxylic acids is 2. The second-order valence-electron chi connectivity index (χ2n) is 5.23. The van der Waals surface area contributed by atoms with Gasteiger partial charge in [0.15, 0.2) is 6.61 Å². The molecule has 0 bridgehead atoms. The van der Waals surface area contributed by atoms with Crippen LogP contribution in [0.25, 0.3) is 0 Å². The van der Waals surface area contributed by atoms with E-state index < -0.39 is 41.2 Å². The van der Waals surface area contributed by atoms with Crippen molar-refractivity contribution in [1.82, 2.24) is 14.2 Å². The van der Waals surface area contributed by atoms with Crippen LogP contribution in [0.4, 0.5) is 13.2 Å². The summed E-state index contributed by atoms with van der Waals surface area (Å²) in [6.45, 7) is 1.36. The van der Waals surface area contributed by atoms with Crippen LogP contribution in [0, 0.1) is 0 Å². The van der Waals surface area contributed by atoms with Crippen LogP contribution in [0.3, 0.4) is 0 Å². The number of sulfonamides is 1. The van der Waals surface area contributed by atoms with Gasteiger partial charge in [-0.05, 0) is 6.07 Å². The maximum Gasteiger partial charge on any atom is 0.405 e. The Morgan fingerprint density at radius 1 is 1.27 bits per heavy atom. The van der Waals surface area contributed by atoms with E-state index >= 15 is 0 Å². The van der Waals surface area contributed by atoms with E-state index in [-0.39, 0.29) is 23.7 Å². The van der Waals surface area contributed by atoms with E-state index in [9.17, 15) is 31.2 Å². The van der Waals surface area contributed by atoms with Gasteiger partial charge in [-0.25, -0.2) is 13.2 Å². The minimum Gasteiger partial charge on any atom is -0.451 e. The normalized spacial score (nSPS) is 12.3. The van der Waals surface area contributed by atoms with Crippen molar-refractivity contribution < 1.29 is 35.9 Å². The molecule has 1 amide bonds. The lowest BCUT2D eigenvalue weighted by molar-refractivity contribution is -0.140. The SMILES string of the molecule is CCN(CC)S(=O)(=O)c1cc(C(=O)OCC(=O)NCC(F)(F)F)n(C)c1. The first-order chi connectivity index (χ1) is 11.9. The zero-order valence-electron chi connectivity index (χ0n) is 14.5. The Hall–Kier alpha value is -2.08. The standard InChI is InChI=1S/C14H20F3N3O5S/c1-4-20(5-2)26(23,24)10-6-11(19(3)7-10)13(22)25-8-12(21)18-9-14(15,16)17/h6-7H,4-5,8-9H2,1-3H3,(H,18,21). The molecule has 1 aromatic heterocycles. The molecular weight excluding hydrogens is 379 g/mol. The summed E-state index contributed by atoms with van der Waals surface area (Å²) >= 11 is 0. The molecule has 0 fully saturated rings. The Kier molecular flexibility index (Phi) is 7.21. The maximum absolute atomic E-state index is 12.4. The average molecular weight is 399 g/mol. The van der Waals surface area contributed by atoms with Gasteiger partial charge in [0.2, 0.25) is 10.0 Å². The lowest BCUT2D eigenvalue weighted by atomic mass is 10.4. The van der Waals surface area contributed by atoms with Crippen LogP contribution < -0.4 is 5.32 Å². The van der Waals surface area contributed by atoms with E-state index in [1.807, 2.05) is 0 Å². The molecule has 0 aromatic carbocycles. The Morgan fingerprint density at radius 3 is 2.35 bits per heavy atom. The Morgan fingerprint density at radius 2 is 1.85 bits per heavy atom. The molecule has 8 nitrogen and oxygen atoms in total. The number of nitrogens with one attached hydrogen (secondary N) is 1. The van der Waals surface area contributed by atoms with Gasteiger partial charge in [0.05, 0.1) is 0 Å². The minimum absolute atomic E-state index is 0.128. The van der Waals surface area contributed by atoms with Crippen LogP contribution in [0.15, 0.2) is 17.2 Å². The van der Waals surface area contributed by atoms with Gasteiger partial charge in [0.25, 0.3) is 5.91 Å². The summed E-state index contributed by atoms with van der Waals surface area (Å²) in [5, 5.41) is 1.55. The molecule has 0 aliphatic rings. The predicted octanol–water partition coefficient (Wildman–Crippen LogP) is 0.891. The van der Waals surface area contributed by atoms with Crippen molar-refractivity contribution in [3.8, 4) is 0 Å². The molecule has 0 aliphatic heterocycles. The van der Waals surface area contributed by atoms with E-state index in [2.05, 4.69) is 4.74 Å². The molecule has 0 radical (unpaired) electrons. The lowest BCUT2D eigenvalue weighted by Gasteiger charge is -2.17. The zero-order chi connectivity index (χ0) is 20.1. The van der Waals surface area contributed by atoms with Crippen molar-refractivity contribution in [2.75, 3.05) is 26.2 Å². The van der Waals surface area contributed by atoms with Crippen molar-refractivity contribution in [2.45, 2.75) is 24.9 Å². The molecule has 0 saturated heterocycles. The molecule has 1 rings (SSSR count). The molecule has 1 N–H and O–H groups in total. The van der Waals surface area contributed by atoms with Crippen molar-refractivity contribution >= 4 is 21.9 Å². The fourth-order valence-electron chi connectivity index (χ4n) is 2.05. The van der Waals surface area contributed by atoms with Gasteiger partial charge in [0, 0.05) is 26.3 Å². The summed E-state index contributed by atoms with van der Waals surface area (Å²) in [5.41, 5.74) is -0.153. The van der Waals surface area contributed by atoms with Crippen LogP contribution in [-0.4, -0.2) is 61.6 Å². The summed E-state index contributed by atoms with van der Waals surface area (Å²) in [6.07, 6.45) is -3.36. The fourth-order valence-corrected chi connectivity index (χ4v) is 3.58. The van der Waals surface area contributed by atoms with Crippen LogP contribution in [-0.2, 0) is 26.6 Å². The van der Waals surface area contributed by atoms with Crippen molar-refractivity contribution in [3.05, 3.63) is 18.0 Å². The zero-order valence-corrected chi connectivity index (χ0v) is 15.3. The number of aromatic nitrogens is 1. The Balaban J connectivity index is 2.80. The van der Waals surface area contributed by atoms with E-state index in [1.54, 1.807) is 19.2 Å². The number of rotatable bonds is 8. The largest absolute Gasteiger partial charge is 0.451 e. The fraction of sp³-hybridized carbons (Fsp3) is 0.571. The number of carbonyl (C=O) groups is 2. The van der Waals surface area contributed by atoms with Crippen molar-refractivity contribution in [3.63, 3.8) is 0 Å². The molecule has 0 unspecified atom stereocenters. The van der Waals surface area contributed by atoms with Crippen LogP contribution in [0.5, 0.6) is 0 Å². The Bertz CT molecular complexity index is 754. The molecular formula is C14H20F3N3O5S. The molecule has 0 saturated carbocycles. The number of alkyl halides is 3. The van der Waals surface area contributed by atoms with E-state index in [4.69, 9.17) is 0 Å². The molecule has 12 heteroatoms. The third kappa shape index (κ3) is 5.73. The first-order valence-electron chi connectivity index (χ1n) is 7.59. The number of hydrogen-bond acceptors (Lipinski definition) is 5. The van der Waals surface area contributed by atoms with Gasteiger partial charge in [-0.2, -0.15) is 17.5 Å². The number of nitrogens with zero attached hydrogens (tertiary/aromatic N) is 2. The summed E-state index contributed by atoms with van der Waals surface area (Å²) < 4.78 is 67.8. The number of aryl methyl sites for hydroxylation is 1. The summed E-state index contributed by atoms with van der Waals surface area (Å²) in [4.78, 5) is 23.1. The highest BCUT2D eigenvalue weighted by Gasteiger charge is 2.28. The van der Waals surface area contributed by atoms with Crippen LogP contribution in [0.1, 0.15) is 24.3 Å². The molecule has 0 aliphatic carbocycles. The number of hydrogen-bond donors (Lipinski definition) is 1. The second-order valence-corrected chi connectivity index (χ2v) is 7.17. The highest BCUT2D eigenvalue weighted by atomic mass is 32.2. The highest BCUT2D eigenvalue weighted by Crippen LogP contribution is 2.19. The highest BCUT2D eigenvalue weighted by molar-refractivity contribution is 7.89. The van der Waals surface area contributed by atoms with Gasteiger partial charge >= 0.3 is 12.1 Å². The first kappa shape index (κ1) is 22.0. The third-order valence-electron chi connectivity index (χ3n) is 3.35.